The fourth-order valence-corrected chi connectivity index (χ4v) is 6.81. The van der Waals surface area contributed by atoms with Gasteiger partial charge in [-0.15, -0.1) is 0 Å². The van der Waals surface area contributed by atoms with Crippen LogP contribution in [0.2, 0.25) is 0 Å². The Kier molecular flexibility index (Phi) is 13.5. The van der Waals surface area contributed by atoms with Gasteiger partial charge in [0, 0.05) is 0 Å². The molecule has 0 bridgehead atoms. The van der Waals surface area contributed by atoms with Crippen LogP contribution >= 0.6 is 0 Å². The quantitative estimate of drug-likeness (QED) is 0.346. The molecule has 0 unspecified atom stereocenters. The third-order valence-corrected chi connectivity index (χ3v) is 9.39. The molecule has 1 saturated carbocycles. The van der Waals surface area contributed by atoms with Gasteiger partial charge >= 0.3 is 0 Å². The number of hydrogen-bond donors (Lipinski definition) is 0. The predicted molar refractivity (Wildman–Crippen MR) is 172 cm³/mol. The smallest absolute Gasteiger partial charge is 0.0200 e. The Balaban J connectivity index is -0.000000449. The standard InChI is InChI=1S/C13H28.C11H22.C11H24.CH4/c1-11(2,3)9-13(7,8)10-12(4,5)6;1-9(2,3)11(7-8-11)10(4,5)6;1-9(2,3)11(7,8)10(4,5)6;/h9-10H2,1-8H3;7-8H2,1-6H3;1-8H3;1H4. The first-order chi connectivity index (χ1) is 14.6. The largest absolute Gasteiger partial charge is 0.0776 e. The summed E-state index contributed by atoms with van der Waals surface area (Å²) in [5.74, 6) is 0. The SMILES string of the molecule is C.CC(C)(C)C(C)(C)C(C)(C)C.CC(C)(C)C1(C(C)(C)C)CC1.CC(C)(C)CC(C)(C)CC(C)(C)C. The fraction of sp³-hybridized carbons (Fsp3) is 1.00. The normalized spacial score (nSPS) is 17.2. The highest BCUT2D eigenvalue weighted by atomic mass is 14.6. The second-order valence-corrected chi connectivity index (χ2v) is 19.8. The van der Waals surface area contributed by atoms with Crippen LogP contribution in [-0.4, -0.2) is 0 Å². The minimum absolute atomic E-state index is 0. The fourth-order valence-electron chi connectivity index (χ4n) is 6.81. The Morgan fingerprint density at radius 2 is 0.639 bits per heavy atom. The van der Waals surface area contributed by atoms with E-state index < -0.39 is 0 Å². The van der Waals surface area contributed by atoms with Crippen molar-refractivity contribution in [2.45, 2.75) is 185 Å². The minimum atomic E-state index is 0. The first-order valence-electron chi connectivity index (χ1n) is 14.6. The molecule has 0 aliphatic heterocycles. The highest BCUT2D eigenvalue weighted by Crippen LogP contribution is 2.67. The van der Waals surface area contributed by atoms with Crippen molar-refractivity contribution in [2.75, 3.05) is 0 Å². The molecule has 0 amide bonds. The van der Waals surface area contributed by atoms with Crippen molar-refractivity contribution < 1.29 is 0 Å². The summed E-state index contributed by atoms with van der Waals surface area (Å²) in [6.45, 7) is 51.7. The van der Waals surface area contributed by atoms with E-state index in [1.165, 1.54) is 25.7 Å². The molecule has 36 heavy (non-hydrogen) atoms. The van der Waals surface area contributed by atoms with E-state index in [9.17, 15) is 0 Å². The maximum Gasteiger partial charge on any atom is -0.0200 e. The second kappa shape index (κ2) is 12.0. The second-order valence-electron chi connectivity index (χ2n) is 19.8. The minimum Gasteiger partial charge on any atom is -0.0776 e. The van der Waals surface area contributed by atoms with Gasteiger partial charge in [-0.25, -0.2) is 0 Å². The van der Waals surface area contributed by atoms with Crippen molar-refractivity contribution in [1.29, 1.82) is 0 Å². The summed E-state index contributed by atoms with van der Waals surface area (Å²) in [4.78, 5) is 0. The van der Waals surface area contributed by atoms with Crippen LogP contribution in [0.15, 0.2) is 0 Å². The lowest BCUT2D eigenvalue weighted by Gasteiger charge is -2.49. The Bertz CT molecular complexity index is 532. The van der Waals surface area contributed by atoms with E-state index in [1.54, 1.807) is 0 Å². The van der Waals surface area contributed by atoms with Crippen molar-refractivity contribution in [3.8, 4) is 0 Å². The van der Waals surface area contributed by atoms with Gasteiger partial charge in [-0.2, -0.15) is 0 Å². The molecule has 0 nitrogen and oxygen atoms in total. The maximum absolute atomic E-state index is 2.39. The van der Waals surface area contributed by atoms with Gasteiger partial charge in [-0.3, -0.25) is 0 Å². The van der Waals surface area contributed by atoms with Crippen LogP contribution in [0.4, 0.5) is 0 Å². The van der Waals surface area contributed by atoms with Gasteiger partial charge in [0.25, 0.3) is 0 Å². The molecule has 1 aliphatic rings. The molecule has 0 saturated heterocycles. The van der Waals surface area contributed by atoms with E-state index in [4.69, 9.17) is 0 Å². The van der Waals surface area contributed by atoms with Crippen molar-refractivity contribution >= 4 is 0 Å². The molecule has 0 heteroatoms. The summed E-state index contributed by atoms with van der Waals surface area (Å²) < 4.78 is 0. The Hall–Kier alpha value is 0. The third-order valence-electron chi connectivity index (χ3n) is 9.39. The number of rotatable bonds is 2. The van der Waals surface area contributed by atoms with Crippen molar-refractivity contribution in [3.05, 3.63) is 0 Å². The van der Waals surface area contributed by atoms with Gasteiger partial charge in [-0.05, 0) is 74.4 Å². The van der Waals surface area contributed by atoms with Crippen molar-refractivity contribution in [1.82, 2.24) is 0 Å². The zero-order chi connectivity index (χ0) is 29.3. The molecular weight excluding hydrogens is 432 g/mol. The van der Waals surface area contributed by atoms with Crippen LogP contribution in [0, 0.1) is 48.7 Å². The van der Waals surface area contributed by atoms with E-state index in [2.05, 4.69) is 152 Å². The molecule has 1 rings (SSSR count). The van der Waals surface area contributed by atoms with Crippen molar-refractivity contribution in [2.24, 2.45) is 48.7 Å². The zero-order valence-electron chi connectivity index (χ0n) is 29.3. The Labute approximate surface area is 234 Å². The summed E-state index contributed by atoms with van der Waals surface area (Å²) in [6, 6.07) is 0. The molecule has 0 N–H and O–H groups in total. The first-order valence-corrected chi connectivity index (χ1v) is 14.6. The summed E-state index contributed by atoms with van der Waals surface area (Å²) in [5, 5.41) is 0. The molecule has 0 spiro atoms. The van der Waals surface area contributed by atoms with Crippen LogP contribution in [0.3, 0.4) is 0 Å². The van der Waals surface area contributed by atoms with E-state index in [-0.39, 0.29) is 7.43 Å². The molecule has 0 atom stereocenters. The predicted octanol–water partition coefficient (Wildman–Crippen LogP) is 13.5. The average molecular weight is 511 g/mol. The van der Waals surface area contributed by atoms with E-state index in [0.29, 0.717) is 48.7 Å². The lowest BCUT2D eigenvalue weighted by Crippen LogP contribution is -2.41. The molecule has 222 valence electrons. The molecule has 0 aromatic carbocycles. The summed E-state index contributed by atoms with van der Waals surface area (Å²) >= 11 is 0. The highest BCUT2D eigenvalue weighted by molar-refractivity contribution is 5.08. The average Bonchev–Trinajstić information content (AvgIpc) is 3.20. The van der Waals surface area contributed by atoms with Gasteiger partial charge in [0.05, 0.1) is 0 Å². The maximum atomic E-state index is 2.39. The van der Waals surface area contributed by atoms with Gasteiger partial charge < -0.3 is 0 Å². The van der Waals surface area contributed by atoms with Crippen LogP contribution in [0.5, 0.6) is 0 Å². The molecule has 1 aliphatic carbocycles. The monoisotopic (exact) mass is 511 g/mol. The van der Waals surface area contributed by atoms with Gasteiger partial charge in [0.1, 0.15) is 0 Å². The molecule has 0 heterocycles. The van der Waals surface area contributed by atoms with Crippen molar-refractivity contribution in [3.63, 3.8) is 0 Å². The summed E-state index contributed by atoms with van der Waals surface area (Å²) in [7, 11) is 0. The zero-order valence-corrected chi connectivity index (χ0v) is 29.3. The third kappa shape index (κ3) is 13.2. The first kappa shape index (κ1) is 40.5. The topological polar surface area (TPSA) is 0 Å². The lowest BCUT2D eigenvalue weighted by atomic mass is 9.56. The summed E-state index contributed by atoms with van der Waals surface area (Å²) in [6.07, 6.45) is 5.47. The Morgan fingerprint density at radius 3 is 0.694 bits per heavy atom. The molecular formula is C36H78. The molecule has 1 fully saturated rings. The molecule has 0 aromatic rings. The van der Waals surface area contributed by atoms with E-state index in [1.807, 2.05) is 0 Å². The van der Waals surface area contributed by atoms with Crippen LogP contribution in [0.25, 0.3) is 0 Å². The van der Waals surface area contributed by atoms with Gasteiger partial charge in [0.15, 0.2) is 0 Å². The van der Waals surface area contributed by atoms with Gasteiger partial charge in [0.2, 0.25) is 0 Å². The highest BCUT2D eigenvalue weighted by Gasteiger charge is 2.58. The lowest BCUT2D eigenvalue weighted by molar-refractivity contribution is 0.00575. The summed E-state index contributed by atoms with van der Waals surface area (Å²) in [5.41, 5.74) is 4.12. The van der Waals surface area contributed by atoms with Crippen LogP contribution in [-0.2, 0) is 0 Å². The van der Waals surface area contributed by atoms with E-state index in [0.717, 1.165) is 0 Å². The van der Waals surface area contributed by atoms with Crippen LogP contribution in [0.1, 0.15) is 185 Å². The Morgan fingerprint density at radius 1 is 0.417 bits per heavy atom. The van der Waals surface area contributed by atoms with E-state index >= 15 is 0 Å². The molecule has 0 aromatic heterocycles. The number of hydrogen-bond acceptors (Lipinski definition) is 0. The molecule has 0 radical (unpaired) electrons. The van der Waals surface area contributed by atoms with Crippen LogP contribution < -0.4 is 0 Å². The van der Waals surface area contributed by atoms with Gasteiger partial charge in [-0.1, -0.05) is 160 Å².